The van der Waals surface area contributed by atoms with Crippen LogP contribution in [0.4, 0.5) is 11.5 Å². The lowest BCUT2D eigenvalue weighted by Gasteiger charge is -2.35. The Morgan fingerprint density at radius 3 is 2.65 bits per heavy atom. The zero-order chi connectivity index (χ0) is 14.8. The van der Waals surface area contributed by atoms with Crippen molar-refractivity contribution >= 4 is 11.5 Å². The molecule has 0 bridgehead atoms. The van der Waals surface area contributed by atoms with E-state index in [0.717, 1.165) is 0 Å². The van der Waals surface area contributed by atoms with Gasteiger partial charge in [-0.25, -0.2) is 0 Å². The highest BCUT2D eigenvalue weighted by atomic mass is 16.7. The molecule has 1 aliphatic heterocycles. The highest BCUT2D eigenvalue weighted by Gasteiger charge is 2.29. The molecule has 0 unspecified atom stereocenters. The first-order chi connectivity index (χ1) is 9.41. The van der Waals surface area contributed by atoms with Gasteiger partial charge in [0.2, 0.25) is 11.7 Å². The lowest BCUT2D eigenvalue weighted by Crippen LogP contribution is -2.45. The molecule has 1 aliphatic rings. The van der Waals surface area contributed by atoms with Crippen LogP contribution in [-0.2, 0) is 9.47 Å². The van der Waals surface area contributed by atoms with Gasteiger partial charge in [-0.1, -0.05) is 0 Å². The Labute approximate surface area is 116 Å². The minimum absolute atomic E-state index is 0.115. The Kier molecular flexibility index (Phi) is 4.05. The van der Waals surface area contributed by atoms with E-state index < -0.39 is 10.7 Å². The van der Waals surface area contributed by atoms with Crippen LogP contribution in [0.3, 0.4) is 0 Å². The van der Waals surface area contributed by atoms with Gasteiger partial charge in [-0.2, -0.15) is 4.98 Å². The third-order valence-corrected chi connectivity index (χ3v) is 2.86. The van der Waals surface area contributed by atoms with Crippen LogP contribution < -0.4 is 10.1 Å². The summed E-state index contributed by atoms with van der Waals surface area (Å²) in [5.41, 5.74) is -0.115. The smallest absolute Gasteiger partial charge is 0.311 e. The number of rotatable bonds is 4. The zero-order valence-corrected chi connectivity index (χ0v) is 11.6. The van der Waals surface area contributed by atoms with Crippen LogP contribution in [0.2, 0.25) is 0 Å². The minimum atomic E-state index is -0.633. The molecular weight excluding hydrogens is 266 g/mol. The fraction of sp³-hybridized carbons (Fsp3) is 0.583. The molecule has 0 aliphatic carbocycles. The van der Waals surface area contributed by atoms with Gasteiger partial charge in [0.05, 0.1) is 31.3 Å². The van der Waals surface area contributed by atoms with Gasteiger partial charge in [-0.3, -0.25) is 10.1 Å². The third kappa shape index (κ3) is 3.34. The van der Waals surface area contributed by atoms with Crippen molar-refractivity contribution in [2.45, 2.75) is 25.7 Å². The Morgan fingerprint density at radius 2 is 2.10 bits per heavy atom. The molecule has 1 saturated heterocycles. The van der Waals surface area contributed by atoms with Crippen LogP contribution in [-0.4, -0.2) is 42.1 Å². The minimum Gasteiger partial charge on any atom is -0.481 e. The second kappa shape index (κ2) is 5.59. The number of nitro groups is 1. The van der Waals surface area contributed by atoms with Gasteiger partial charge in [0.25, 0.3) is 0 Å². The second-order valence-corrected chi connectivity index (χ2v) is 4.84. The van der Waals surface area contributed by atoms with E-state index in [-0.39, 0.29) is 17.5 Å². The van der Waals surface area contributed by atoms with Gasteiger partial charge in [0.15, 0.2) is 5.79 Å². The van der Waals surface area contributed by atoms with Gasteiger partial charge < -0.3 is 19.5 Å². The fourth-order valence-corrected chi connectivity index (χ4v) is 1.77. The van der Waals surface area contributed by atoms with Crippen LogP contribution in [0.5, 0.6) is 5.88 Å². The topological polar surface area (TPSA) is 95.8 Å². The van der Waals surface area contributed by atoms with Crippen molar-refractivity contribution in [3.05, 3.63) is 22.2 Å². The molecule has 0 spiro atoms. The van der Waals surface area contributed by atoms with E-state index in [1.54, 1.807) is 0 Å². The number of hydrogen-bond donors (Lipinski definition) is 1. The quantitative estimate of drug-likeness (QED) is 0.661. The molecule has 0 amide bonds. The van der Waals surface area contributed by atoms with E-state index in [2.05, 4.69) is 10.3 Å². The van der Waals surface area contributed by atoms with E-state index >= 15 is 0 Å². The van der Waals surface area contributed by atoms with E-state index in [4.69, 9.17) is 14.2 Å². The van der Waals surface area contributed by atoms with Crippen molar-refractivity contribution in [1.29, 1.82) is 0 Å². The molecule has 1 aromatic heterocycles. The molecule has 8 heteroatoms. The summed E-state index contributed by atoms with van der Waals surface area (Å²) in [6.45, 7) is 4.39. The van der Waals surface area contributed by atoms with Gasteiger partial charge in [0.1, 0.15) is 0 Å². The van der Waals surface area contributed by atoms with Crippen molar-refractivity contribution < 1.29 is 19.1 Å². The summed E-state index contributed by atoms with van der Waals surface area (Å²) in [6.07, 6.45) is 0. The number of methoxy groups -OCH3 is 1. The Bertz CT molecular complexity index is 496. The van der Waals surface area contributed by atoms with Gasteiger partial charge in [-0.05, 0) is 13.8 Å². The molecule has 20 heavy (non-hydrogen) atoms. The number of ether oxygens (including phenoxy) is 3. The summed E-state index contributed by atoms with van der Waals surface area (Å²) in [5.74, 6) is -0.186. The first kappa shape index (κ1) is 14.5. The second-order valence-electron chi connectivity index (χ2n) is 4.84. The summed E-state index contributed by atoms with van der Waals surface area (Å²) in [4.78, 5) is 14.5. The number of anilines is 1. The van der Waals surface area contributed by atoms with Gasteiger partial charge in [-0.15, -0.1) is 0 Å². The Balaban J connectivity index is 2.14. The molecule has 1 fully saturated rings. The molecule has 110 valence electrons. The molecule has 0 radical (unpaired) electrons. The predicted octanol–water partition coefficient (Wildman–Crippen LogP) is 1.56. The molecule has 8 nitrogen and oxygen atoms in total. The molecule has 2 rings (SSSR count). The molecule has 0 saturated carbocycles. The highest BCUT2D eigenvalue weighted by Crippen LogP contribution is 2.27. The van der Waals surface area contributed by atoms with Gasteiger partial charge in [0, 0.05) is 12.1 Å². The maximum Gasteiger partial charge on any atom is 0.311 e. The summed E-state index contributed by atoms with van der Waals surface area (Å²) in [7, 11) is 1.45. The lowest BCUT2D eigenvalue weighted by molar-refractivity contribution is -0.384. The molecule has 2 heterocycles. The largest absolute Gasteiger partial charge is 0.481 e. The van der Waals surface area contributed by atoms with Crippen molar-refractivity contribution in [3.8, 4) is 5.88 Å². The lowest BCUT2D eigenvalue weighted by atomic mass is 10.2. The van der Waals surface area contributed by atoms with Crippen molar-refractivity contribution in [1.82, 2.24) is 4.98 Å². The number of nitrogens with zero attached hydrogens (tertiary/aromatic N) is 2. The maximum absolute atomic E-state index is 11.0. The number of nitrogens with one attached hydrogen (secondary N) is 1. The molecule has 1 aromatic rings. The first-order valence-corrected chi connectivity index (χ1v) is 6.15. The van der Waals surface area contributed by atoms with Crippen LogP contribution >= 0.6 is 0 Å². The van der Waals surface area contributed by atoms with E-state index in [9.17, 15) is 10.1 Å². The number of hydrogen-bond acceptors (Lipinski definition) is 7. The highest BCUT2D eigenvalue weighted by molar-refractivity contribution is 5.57. The van der Waals surface area contributed by atoms with Crippen LogP contribution in [0.15, 0.2) is 12.1 Å². The zero-order valence-electron chi connectivity index (χ0n) is 11.6. The normalized spacial score (nSPS) is 18.6. The summed E-state index contributed by atoms with van der Waals surface area (Å²) < 4.78 is 16.0. The fourth-order valence-electron chi connectivity index (χ4n) is 1.77. The van der Waals surface area contributed by atoms with Crippen LogP contribution in [0.25, 0.3) is 0 Å². The Morgan fingerprint density at radius 1 is 1.45 bits per heavy atom. The van der Waals surface area contributed by atoms with Crippen LogP contribution in [0.1, 0.15) is 13.8 Å². The monoisotopic (exact) mass is 283 g/mol. The number of pyridine rings is 1. The van der Waals surface area contributed by atoms with E-state index in [0.29, 0.717) is 19.1 Å². The SMILES string of the molecule is COc1ccc([N+](=O)[O-])c(NC2COC(C)(C)OC2)n1. The average molecular weight is 283 g/mol. The maximum atomic E-state index is 11.0. The average Bonchev–Trinajstić information content (AvgIpc) is 2.40. The summed E-state index contributed by atoms with van der Waals surface area (Å²) in [6, 6.07) is 2.59. The molecule has 0 atom stereocenters. The Hall–Kier alpha value is -1.93. The summed E-state index contributed by atoms with van der Waals surface area (Å²) >= 11 is 0. The van der Waals surface area contributed by atoms with Crippen LogP contribution in [0, 0.1) is 10.1 Å². The predicted molar refractivity (Wildman–Crippen MR) is 70.8 cm³/mol. The molecule has 1 N–H and O–H groups in total. The molecule has 0 aromatic carbocycles. The first-order valence-electron chi connectivity index (χ1n) is 6.15. The van der Waals surface area contributed by atoms with Crippen molar-refractivity contribution in [3.63, 3.8) is 0 Å². The van der Waals surface area contributed by atoms with E-state index in [1.165, 1.54) is 19.2 Å². The standard InChI is InChI=1S/C12H17N3O5/c1-12(2)19-6-8(7-20-12)13-11-9(15(16)17)4-5-10(14-11)18-3/h4-5,8H,6-7H2,1-3H3,(H,13,14). The number of aromatic nitrogens is 1. The van der Waals surface area contributed by atoms with E-state index in [1.807, 2.05) is 13.8 Å². The van der Waals surface area contributed by atoms with Gasteiger partial charge >= 0.3 is 5.69 Å². The van der Waals surface area contributed by atoms with Crippen molar-refractivity contribution in [2.75, 3.05) is 25.6 Å². The third-order valence-electron chi connectivity index (χ3n) is 2.86. The summed E-state index contributed by atoms with van der Waals surface area (Å²) in [5, 5.41) is 13.9. The van der Waals surface area contributed by atoms with Crippen molar-refractivity contribution in [2.24, 2.45) is 0 Å². The molecular formula is C12H17N3O5.